The zero-order valence-corrected chi connectivity index (χ0v) is 15.4. The van der Waals surface area contributed by atoms with Crippen molar-refractivity contribution < 1.29 is 23.6 Å². The van der Waals surface area contributed by atoms with E-state index in [9.17, 15) is 28.7 Å². The number of benzene rings is 1. The summed E-state index contributed by atoms with van der Waals surface area (Å²) < 4.78 is 27.6. The summed E-state index contributed by atoms with van der Waals surface area (Å²) in [4.78, 5) is 13.8. The summed E-state index contributed by atoms with van der Waals surface area (Å²) in [6.07, 6.45) is 0. The molecular formula is C15H24N4O6S. The highest BCUT2D eigenvalue weighted by molar-refractivity contribution is 7.89. The second kappa shape index (κ2) is 8.73. The number of nitro benzene ring substituents is 1. The van der Waals surface area contributed by atoms with Crippen molar-refractivity contribution in [2.75, 3.05) is 64.4 Å². The number of hydrogen-bond acceptors (Lipinski definition) is 8. The van der Waals surface area contributed by atoms with Crippen LogP contribution in [0.3, 0.4) is 0 Å². The fourth-order valence-electron chi connectivity index (χ4n) is 2.85. The number of rotatable bonds is 8. The van der Waals surface area contributed by atoms with Gasteiger partial charge in [-0.15, -0.1) is 0 Å². The lowest BCUT2D eigenvalue weighted by atomic mass is 10.2. The van der Waals surface area contributed by atoms with E-state index in [4.69, 9.17) is 0 Å². The highest BCUT2D eigenvalue weighted by Gasteiger charge is 2.32. The fourth-order valence-corrected chi connectivity index (χ4v) is 4.50. The lowest BCUT2D eigenvalue weighted by Crippen LogP contribution is -2.47. The smallest absolute Gasteiger partial charge is 0.270 e. The highest BCUT2D eigenvalue weighted by atomic mass is 32.2. The Balaban J connectivity index is 2.51. The molecule has 1 aliphatic rings. The van der Waals surface area contributed by atoms with Gasteiger partial charge in [0.1, 0.15) is 4.90 Å². The standard InChI is InChI=1S/C15H24N4O6S/c1-16-4-6-18(7-5-16)26(24,25)15-12-13(19(22)23)2-3-14(15)17(8-10-20)9-11-21/h2-3,12,20-21H,4-11H2,1H3. The van der Waals surface area contributed by atoms with E-state index < -0.39 is 14.9 Å². The largest absolute Gasteiger partial charge is 0.395 e. The predicted molar refractivity (Wildman–Crippen MR) is 95.7 cm³/mol. The van der Waals surface area contributed by atoms with E-state index >= 15 is 0 Å². The van der Waals surface area contributed by atoms with Crippen LogP contribution in [0.2, 0.25) is 0 Å². The predicted octanol–water partition coefficient (Wildman–Crippen LogP) is -0.678. The van der Waals surface area contributed by atoms with Gasteiger partial charge in [0.05, 0.1) is 23.8 Å². The summed E-state index contributed by atoms with van der Waals surface area (Å²) in [5.74, 6) is 0. The van der Waals surface area contributed by atoms with Crippen LogP contribution in [0.25, 0.3) is 0 Å². The molecule has 1 aromatic carbocycles. The molecule has 10 nitrogen and oxygen atoms in total. The van der Waals surface area contributed by atoms with Gasteiger partial charge in [0, 0.05) is 51.4 Å². The maximum atomic E-state index is 13.1. The third-order valence-electron chi connectivity index (χ3n) is 4.31. The number of piperazine rings is 1. The number of anilines is 1. The van der Waals surface area contributed by atoms with Crippen molar-refractivity contribution in [3.05, 3.63) is 28.3 Å². The van der Waals surface area contributed by atoms with E-state index in [0.717, 1.165) is 6.07 Å². The Kier molecular flexibility index (Phi) is 6.89. The number of non-ortho nitro benzene ring substituents is 1. The van der Waals surface area contributed by atoms with E-state index in [1.54, 1.807) is 0 Å². The molecule has 146 valence electrons. The quantitative estimate of drug-likeness (QED) is 0.443. The average molecular weight is 388 g/mol. The minimum Gasteiger partial charge on any atom is -0.395 e. The summed E-state index contributed by atoms with van der Waals surface area (Å²) in [5, 5.41) is 29.6. The Bertz CT molecular complexity index is 728. The molecule has 0 amide bonds. The molecule has 11 heteroatoms. The molecule has 1 saturated heterocycles. The molecule has 2 N–H and O–H groups in total. The number of nitrogens with zero attached hydrogens (tertiary/aromatic N) is 4. The van der Waals surface area contributed by atoms with E-state index in [0.29, 0.717) is 26.2 Å². The molecule has 2 rings (SSSR count). The SMILES string of the molecule is CN1CCN(S(=O)(=O)c2cc([N+](=O)[O-])ccc2N(CCO)CCO)CC1. The van der Waals surface area contributed by atoms with Crippen LogP contribution >= 0.6 is 0 Å². The summed E-state index contributed by atoms with van der Waals surface area (Å²) in [7, 11) is -2.06. The molecule has 1 aromatic rings. The van der Waals surface area contributed by atoms with Gasteiger partial charge < -0.3 is 20.0 Å². The van der Waals surface area contributed by atoms with Crippen LogP contribution in [0, 0.1) is 10.1 Å². The monoisotopic (exact) mass is 388 g/mol. The topological polar surface area (TPSA) is 127 Å². The molecule has 1 heterocycles. The van der Waals surface area contributed by atoms with Crippen molar-refractivity contribution in [3.63, 3.8) is 0 Å². The van der Waals surface area contributed by atoms with E-state index in [-0.39, 0.29) is 42.6 Å². The lowest BCUT2D eigenvalue weighted by molar-refractivity contribution is -0.385. The molecule has 1 fully saturated rings. The van der Waals surface area contributed by atoms with Gasteiger partial charge in [0.2, 0.25) is 10.0 Å². The van der Waals surface area contributed by atoms with E-state index in [2.05, 4.69) is 0 Å². The van der Waals surface area contributed by atoms with Crippen LogP contribution in [0.1, 0.15) is 0 Å². The van der Waals surface area contributed by atoms with Gasteiger partial charge in [0.15, 0.2) is 0 Å². The van der Waals surface area contributed by atoms with Gasteiger partial charge in [0.25, 0.3) is 5.69 Å². The number of likely N-dealkylation sites (N-methyl/N-ethyl adjacent to an activating group) is 1. The normalized spacial score (nSPS) is 16.6. The van der Waals surface area contributed by atoms with Crippen molar-refractivity contribution >= 4 is 21.4 Å². The molecule has 0 saturated carbocycles. The summed E-state index contributed by atoms with van der Waals surface area (Å²) in [6, 6.07) is 3.62. The Morgan fingerprint density at radius 1 is 1.15 bits per heavy atom. The number of hydrogen-bond donors (Lipinski definition) is 2. The van der Waals surface area contributed by atoms with Crippen molar-refractivity contribution in [1.82, 2.24) is 9.21 Å². The zero-order valence-electron chi connectivity index (χ0n) is 14.6. The Labute approximate surface area is 152 Å². The maximum absolute atomic E-state index is 13.1. The second-order valence-electron chi connectivity index (χ2n) is 6.05. The first-order valence-corrected chi connectivity index (χ1v) is 9.69. The molecule has 0 radical (unpaired) electrons. The van der Waals surface area contributed by atoms with Gasteiger partial charge in [-0.25, -0.2) is 8.42 Å². The van der Waals surface area contributed by atoms with Crippen LogP contribution in [0.5, 0.6) is 0 Å². The molecule has 0 aromatic heterocycles. The minimum atomic E-state index is -3.96. The third kappa shape index (κ3) is 4.48. The number of nitro groups is 1. The number of aliphatic hydroxyl groups is 2. The first kappa shape index (κ1) is 20.5. The van der Waals surface area contributed by atoms with Crippen LogP contribution in [0.4, 0.5) is 11.4 Å². The lowest BCUT2D eigenvalue weighted by Gasteiger charge is -2.33. The zero-order chi connectivity index (χ0) is 19.3. The van der Waals surface area contributed by atoms with Gasteiger partial charge >= 0.3 is 0 Å². The van der Waals surface area contributed by atoms with Crippen LogP contribution in [0.15, 0.2) is 23.1 Å². The maximum Gasteiger partial charge on any atom is 0.270 e. The first-order valence-electron chi connectivity index (χ1n) is 8.25. The molecule has 0 bridgehead atoms. The van der Waals surface area contributed by atoms with Crippen molar-refractivity contribution in [1.29, 1.82) is 0 Å². The summed E-state index contributed by atoms with van der Waals surface area (Å²) >= 11 is 0. The van der Waals surface area contributed by atoms with E-state index in [1.807, 2.05) is 11.9 Å². The first-order chi connectivity index (χ1) is 12.3. The van der Waals surface area contributed by atoms with Crippen molar-refractivity contribution in [2.24, 2.45) is 0 Å². The molecular weight excluding hydrogens is 364 g/mol. The highest BCUT2D eigenvalue weighted by Crippen LogP contribution is 2.32. The Hall–Kier alpha value is -1.79. The molecule has 26 heavy (non-hydrogen) atoms. The minimum absolute atomic E-state index is 0.101. The van der Waals surface area contributed by atoms with Crippen molar-refractivity contribution in [2.45, 2.75) is 4.90 Å². The van der Waals surface area contributed by atoms with E-state index in [1.165, 1.54) is 21.3 Å². The molecule has 1 aliphatic heterocycles. The Morgan fingerprint density at radius 3 is 2.23 bits per heavy atom. The van der Waals surface area contributed by atoms with Crippen molar-refractivity contribution in [3.8, 4) is 0 Å². The van der Waals surface area contributed by atoms with Crippen LogP contribution in [-0.2, 0) is 10.0 Å². The molecule has 0 atom stereocenters. The third-order valence-corrected chi connectivity index (χ3v) is 6.24. The fraction of sp³-hybridized carbons (Fsp3) is 0.600. The van der Waals surface area contributed by atoms with Crippen LogP contribution in [-0.4, -0.2) is 92.3 Å². The summed E-state index contributed by atoms with van der Waals surface area (Å²) in [6.45, 7) is 1.44. The van der Waals surface area contributed by atoms with Gasteiger partial charge in [-0.1, -0.05) is 0 Å². The average Bonchev–Trinajstić information content (AvgIpc) is 2.61. The van der Waals surface area contributed by atoms with Gasteiger partial charge in [-0.05, 0) is 13.1 Å². The van der Waals surface area contributed by atoms with Crippen LogP contribution < -0.4 is 4.90 Å². The number of sulfonamides is 1. The second-order valence-corrected chi connectivity index (χ2v) is 7.96. The van der Waals surface area contributed by atoms with Gasteiger partial charge in [-0.3, -0.25) is 10.1 Å². The molecule has 0 unspecified atom stereocenters. The number of aliphatic hydroxyl groups excluding tert-OH is 2. The Morgan fingerprint density at radius 2 is 1.73 bits per heavy atom. The van der Waals surface area contributed by atoms with Gasteiger partial charge in [-0.2, -0.15) is 4.31 Å². The summed E-state index contributed by atoms with van der Waals surface area (Å²) in [5.41, 5.74) is -0.0907. The molecule has 0 spiro atoms. The molecule has 0 aliphatic carbocycles.